The number of aromatic nitrogens is 2. The number of nitrogens with two attached hydrogens (primary N) is 1. The summed E-state index contributed by atoms with van der Waals surface area (Å²) >= 11 is 1.72. The Hall–Kier alpha value is -1.20. The Morgan fingerprint density at radius 2 is 2.22 bits per heavy atom. The van der Waals surface area contributed by atoms with Crippen molar-refractivity contribution in [2.75, 3.05) is 6.54 Å². The molecule has 18 heavy (non-hydrogen) atoms. The molecule has 0 saturated heterocycles. The van der Waals surface area contributed by atoms with E-state index in [1.165, 1.54) is 17.7 Å². The monoisotopic (exact) mass is 263 g/mol. The third-order valence-corrected chi connectivity index (χ3v) is 4.66. The van der Waals surface area contributed by atoms with Gasteiger partial charge in [0.05, 0.1) is 5.41 Å². The van der Waals surface area contributed by atoms with Gasteiger partial charge in [-0.1, -0.05) is 24.1 Å². The van der Waals surface area contributed by atoms with Gasteiger partial charge < -0.3 is 10.3 Å². The Morgan fingerprint density at radius 3 is 2.89 bits per heavy atom. The molecule has 3 rings (SSSR count). The molecule has 0 aromatic carbocycles. The van der Waals surface area contributed by atoms with E-state index in [1.54, 1.807) is 11.3 Å². The van der Waals surface area contributed by atoms with Crippen molar-refractivity contribution in [3.05, 3.63) is 34.1 Å². The van der Waals surface area contributed by atoms with Crippen LogP contribution in [0.15, 0.2) is 22.0 Å². The molecule has 0 radical (unpaired) electrons. The standard InChI is InChI=1S/C13H17N3OS/c14-9-13(5-1-2-6-13)12-15-11(16-17-12)8-10-4-3-7-18-10/h3-4,7H,1-2,5-6,8-9,14H2. The van der Waals surface area contributed by atoms with Gasteiger partial charge >= 0.3 is 0 Å². The minimum atomic E-state index is -0.0549. The highest BCUT2D eigenvalue weighted by Crippen LogP contribution is 2.39. The second-order valence-electron chi connectivity index (χ2n) is 4.96. The van der Waals surface area contributed by atoms with Crippen LogP contribution in [0.25, 0.3) is 0 Å². The van der Waals surface area contributed by atoms with E-state index in [9.17, 15) is 0 Å². The van der Waals surface area contributed by atoms with Crippen molar-refractivity contribution in [1.29, 1.82) is 0 Å². The van der Waals surface area contributed by atoms with Gasteiger partial charge in [0.25, 0.3) is 0 Å². The fourth-order valence-corrected chi connectivity index (χ4v) is 3.37. The molecular weight excluding hydrogens is 246 g/mol. The first-order valence-electron chi connectivity index (χ1n) is 6.38. The van der Waals surface area contributed by atoms with Crippen LogP contribution in [-0.4, -0.2) is 16.7 Å². The second kappa shape index (κ2) is 4.82. The highest BCUT2D eigenvalue weighted by molar-refractivity contribution is 7.09. The first-order valence-corrected chi connectivity index (χ1v) is 7.26. The van der Waals surface area contributed by atoms with E-state index < -0.39 is 0 Å². The van der Waals surface area contributed by atoms with E-state index >= 15 is 0 Å². The summed E-state index contributed by atoms with van der Waals surface area (Å²) in [5.41, 5.74) is 5.87. The molecule has 2 N–H and O–H groups in total. The Balaban J connectivity index is 1.80. The van der Waals surface area contributed by atoms with Crippen LogP contribution in [0, 0.1) is 0 Å². The molecule has 4 nitrogen and oxygen atoms in total. The predicted octanol–water partition coefficient (Wildman–Crippen LogP) is 2.49. The summed E-state index contributed by atoms with van der Waals surface area (Å²) in [5.74, 6) is 1.52. The van der Waals surface area contributed by atoms with Crippen LogP contribution in [0.2, 0.25) is 0 Å². The van der Waals surface area contributed by atoms with Crippen molar-refractivity contribution < 1.29 is 4.52 Å². The smallest absolute Gasteiger partial charge is 0.234 e. The van der Waals surface area contributed by atoms with Crippen molar-refractivity contribution in [3.8, 4) is 0 Å². The molecule has 1 aliphatic carbocycles. The molecule has 1 fully saturated rings. The Bertz CT molecular complexity index is 500. The molecule has 0 unspecified atom stereocenters. The summed E-state index contributed by atoms with van der Waals surface area (Å²) < 4.78 is 5.46. The van der Waals surface area contributed by atoms with Gasteiger partial charge in [0, 0.05) is 17.8 Å². The lowest BCUT2D eigenvalue weighted by atomic mass is 9.86. The van der Waals surface area contributed by atoms with Crippen molar-refractivity contribution >= 4 is 11.3 Å². The van der Waals surface area contributed by atoms with Crippen LogP contribution in [0.1, 0.15) is 42.3 Å². The highest BCUT2D eigenvalue weighted by Gasteiger charge is 2.39. The summed E-state index contributed by atoms with van der Waals surface area (Å²) in [4.78, 5) is 5.82. The van der Waals surface area contributed by atoms with Gasteiger partial charge in [0.1, 0.15) is 0 Å². The normalized spacial score (nSPS) is 18.3. The third-order valence-electron chi connectivity index (χ3n) is 3.79. The Labute approximate surface area is 110 Å². The minimum Gasteiger partial charge on any atom is -0.339 e. The highest BCUT2D eigenvalue weighted by atomic mass is 32.1. The largest absolute Gasteiger partial charge is 0.339 e. The van der Waals surface area contributed by atoms with Gasteiger partial charge in [-0.15, -0.1) is 11.3 Å². The quantitative estimate of drug-likeness (QED) is 0.920. The van der Waals surface area contributed by atoms with Crippen LogP contribution in [-0.2, 0) is 11.8 Å². The lowest BCUT2D eigenvalue weighted by Crippen LogP contribution is -2.32. The molecule has 2 aromatic heterocycles. The summed E-state index contributed by atoms with van der Waals surface area (Å²) in [5, 5.41) is 6.16. The summed E-state index contributed by atoms with van der Waals surface area (Å²) in [7, 11) is 0. The molecule has 2 heterocycles. The van der Waals surface area contributed by atoms with Crippen molar-refractivity contribution in [1.82, 2.24) is 10.1 Å². The SMILES string of the molecule is NCC1(c2nc(Cc3cccs3)no2)CCCC1. The zero-order chi connectivity index (χ0) is 12.4. The summed E-state index contributed by atoms with van der Waals surface area (Å²) in [6, 6.07) is 4.13. The maximum absolute atomic E-state index is 5.92. The topological polar surface area (TPSA) is 64.9 Å². The molecule has 1 saturated carbocycles. The number of hydrogen-bond donors (Lipinski definition) is 1. The van der Waals surface area contributed by atoms with Crippen LogP contribution in [0.5, 0.6) is 0 Å². The van der Waals surface area contributed by atoms with Gasteiger partial charge in [-0.2, -0.15) is 4.98 Å². The van der Waals surface area contributed by atoms with E-state index in [0.29, 0.717) is 6.54 Å². The first-order chi connectivity index (χ1) is 8.82. The molecule has 5 heteroatoms. The predicted molar refractivity (Wildman–Crippen MR) is 70.6 cm³/mol. The lowest BCUT2D eigenvalue weighted by Gasteiger charge is -2.21. The maximum atomic E-state index is 5.92. The molecule has 0 bridgehead atoms. The van der Waals surface area contributed by atoms with E-state index in [1.807, 2.05) is 6.07 Å². The van der Waals surface area contributed by atoms with Crippen LogP contribution in [0.4, 0.5) is 0 Å². The number of hydrogen-bond acceptors (Lipinski definition) is 5. The first kappa shape index (κ1) is 11.9. The Morgan fingerprint density at radius 1 is 1.39 bits per heavy atom. The Kier molecular flexibility index (Phi) is 3.18. The van der Waals surface area contributed by atoms with Crippen LogP contribution in [0.3, 0.4) is 0 Å². The van der Waals surface area contributed by atoms with Gasteiger partial charge in [-0.25, -0.2) is 0 Å². The fraction of sp³-hybridized carbons (Fsp3) is 0.538. The number of nitrogens with zero attached hydrogens (tertiary/aromatic N) is 2. The lowest BCUT2D eigenvalue weighted by molar-refractivity contribution is 0.283. The van der Waals surface area contributed by atoms with E-state index in [0.717, 1.165) is 31.0 Å². The van der Waals surface area contributed by atoms with Crippen LogP contribution < -0.4 is 5.73 Å². The average molecular weight is 263 g/mol. The van der Waals surface area contributed by atoms with E-state index in [2.05, 4.69) is 21.6 Å². The molecular formula is C13H17N3OS. The van der Waals surface area contributed by atoms with Crippen molar-refractivity contribution in [2.24, 2.45) is 5.73 Å². The zero-order valence-corrected chi connectivity index (χ0v) is 11.1. The van der Waals surface area contributed by atoms with E-state index in [-0.39, 0.29) is 5.41 Å². The van der Waals surface area contributed by atoms with Crippen LogP contribution >= 0.6 is 11.3 Å². The molecule has 96 valence electrons. The van der Waals surface area contributed by atoms with Gasteiger partial charge in [0.2, 0.25) is 5.89 Å². The summed E-state index contributed by atoms with van der Waals surface area (Å²) in [6.45, 7) is 0.605. The summed E-state index contributed by atoms with van der Waals surface area (Å²) in [6.07, 6.45) is 5.32. The van der Waals surface area contributed by atoms with E-state index in [4.69, 9.17) is 10.3 Å². The van der Waals surface area contributed by atoms with Gasteiger partial charge in [-0.3, -0.25) is 0 Å². The number of thiophene rings is 1. The number of rotatable bonds is 4. The molecule has 0 amide bonds. The molecule has 0 aliphatic heterocycles. The molecule has 0 spiro atoms. The maximum Gasteiger partial charge on any atom is 0.234 e. The second-order valence-corrected chi connectivity index (χ2v) is 6.00. The third kappa shape index (κ3) is 2.08. The molecule has 0 atom stereocenters. The molecule has 2 aromatic rings. The minimum absolute atomic E-state index is 0.0549. The average Bonchev–Trinajstić information content (AvgIpc) is 3.10. The van der Waals surface area contributed by atoms with Gasteiger partial charge in [0.15, 0.2) is 5.82 Å². The van der Waals surface area contributed by atoms with Crippen molar-refractivity contribution in [3.63, 3.8) is 0 Å². The molecule has 1 aliphatic rings. The van der Waals surface area contributed by atoms with Gasteiger partial charge in [-0.05, 0) is 24.3 Å². The van der Waals surface area contributed by atoms with Crippen molar-refractivity contribution in [2.45, 2.75) is 37.5 Å². The fourth-order valence-electron chi connectivity index (χ4n) is 2.67. The zero-order valence-electron chi connectivity index (χ0n) is 10.3.